The lowest BCUT2D eigenvalue weighted by atomic mass is 9.99. The maximum absolute atomic E-state index is 10.0. The minimum absolute atomic E-state index is 0.0630. The van der Waals surface area contributed by atoms with E-state index in [1.54, 1.807) is 6.07 Å². The first-order chi connectivity index (χ1) is 11.0. The number of hydrogen-bond donors (Lipinski definition) is 5. The zero-order valence-corrected chi connectivity index (χ0v) is 12.1. The van der Waals surface area contributed by atoms with Gasteiger partial charge in [-0.3, -0.25) is 0 Å². The molecule has 0 radical (unpaired) electrons. The van der Waals surface area contributed by atoms with Crippen LogP contribution in [-0.4, -0.2) is 62.8 Å². The van der Waals surface area contributed by atoms with Gasteiger partial charge < -0.3 is 35.0 Å². The van der Waals surface area contributed by atoms with Gasteiger partial charge in [0.15, 0.2) is 11.5 Å². The van der Waals surface area contributed by atoms with Crippen molar-refractivity contribution >= 4 is 10.8 Å². The number of fused-ring (bicyclic) bond motifs is 1. The molecule has 5 atom stereocenters. The Labute approximate surface area is 131 Å². The van der Waals surface area contributed by atoms with Gasteiger partial charge in [-0.15, -0.1) is 0 Å². The van der Waals surface area contributed by atoms with Crippen LogP contribution in [0.15, 0.2) is 36.4 Å². The van der Waals surface area contributed by atoms with Crippen LogP contribution in [0.2, 0.25) is 0 Å². The summed E-state index contributed by atoms with van der Waals surface area (Å²) in [5.74, 6) is -0.0892. The summed E-state index contributed by atoms with van der Waals surface area (Å²) in [5, 5.41) is 50.3. The third-order valence-electron chi connectivity index (χ3n) is 3.92. The van der Waals surface area contributed by atoms with E-state index in [2.05, 4.69) is 0 Å². The molecule has 0 bridgehead atoms. The fourth-order valence-corrected chi connectivity index (χ4v) is 2.59. The lowest BCUT2D eigenvalue weighted by molar-refractivity contribution is -0.277. The normalized spacial score (nSPS) is 31.2. The minimum atomic E-state index is -1.53. The standard InChI is InChI=1S/C16H18O7/c17-7-12-13(19)14(20)15(21)16(23-12)22-11-6-9-4-2-1-3-8(9)5-10(11)18/h1-6,12-21H,7H2/t12-,13+,14+,15-,16-/m1/s1. The molecule has 23 heavy (non-hydrogen) atoms. The molecular formula is C16H18O7. The van der Waals surface area contributed by atoms with Crippen molar-refractivity contribution in [3.8, 4) is 11.5 Å². The SMILES string of the molecule is OC[C@H]1O[C@@H](Oc2cc3ccccc3cc2O)[C@H](O)[C@@H](O)[C@H]1O. The molecule has 2 aromatic rings. The summed E-state index contributed by atoms with van der Waals surface area (Å²) >= 11 is 0. The smallest absolute Gasteiger partial charge is 0.229 e. The Balaban J connectivity index is 1.87. The van der Waals surface area contributed by atoms with E-state index in [0.29, 0.717) is 0 Å². The number of benzene rings is 2. The minimum Gasteiger partial charge on any atom is -0.504 e. The van der Waals surface area contributed by atoms with E-state index in [9.17, 15) is 20.4 Å². The molecule has 0 saturated carbocycles. The maximum atomic E-state index is 10.0. The van der Waals surface area contributed by atoms with Crippen molar-refractivity contribution in [1.82, 2.24) is 0 Å². The van der Waals surface area contributed by atoms with Crippen molar-refractivity contribution in [2.45, 2.75) is 30.7 Å². The molecule has 1 aliphatic rings. The Morgan fingerprint density at radius 2 is 1.61 bits per heavy atom. The average Bonchev–Trinajstić information content (AvgIpc) is 2.56. The molecule has 3 rings (SSSR count). The Morgan fingerprint density at radius 3 is 2.26 bits per heavy atom. The third-order valence-corrected chi connectivity index (χ3v) is 3.92. The van der Waals surface area contributed by atoms with Crippen molar-refractivity contribution in [2.75, 3.05) is 6.61 Å². The summed E-state index contributed by atoms with van der Waals surface area (Å²) in [7, 11) is 0. The number of rotatable bonds is 3. The van der Waals surface area contributed by atoms with Gasteiger partial charge in [0.25, 0.3) is 0 Å². The highest BCUT2D eigenvalue weighted by atomic mass is 16.7. The van der Waals surface area contributed by atoms with Crippen molar-refractivity contribution < 1.29 is 35.0 Å². The molecule has 7 nitrogen and oxygen atoms in total. The second-order valence-corrected chi connectivity index (χ2v) is 5.48. The highest BCUT2D eigenvalue weighted by molar-refractivity contribution is 5.85. The Kier molecular flexibility index (Phi) is 4.38. The Morgan fingerprint density at radius 1 is 0.957 bits per heavy atom. The second-order valence-electron chi connectivity index (χ2n) is 5.48. The number of hydrogen-bond acceptors (Lipinski definition) is 7. The first kappa shape index (κ1) is 16.0. The monoisotopic (exact) mass is 322 g/mol. The first-order valence-electron chi connectivity index (χ1n) is 7.20. The molecule has 5 N–H and O–H groups in total. The van der Waals surface area contributed by atoms with Crippen LogP contribution in [0.5, 0.6) is 11.5 Å². The molecule has 0 aliphatic carbocycles. The molecule has 0 aromatic heterocycles. The van der Waals surface area contributed by atoms with Gasteiger partial charge in [0, 0.05) is 0 Å². The van der Waals surface area contributed by atoms with Crippen LogP contribution >= 0.6 is 0 Å². The van der Waals surface area contributed by atoms with Crippen LogP contribution < -0.4 is 4.74 Å². The van der Waals surface area contributed by atoms with Crippen molar-refractivity contribution in [1.29, 1.82) is 0 Å². The summed E-state index contributed by atoms with van der Waals surface area (Å²) in [5.41, 5.74) is 0. The molecule has 2 aromatic carbocycles. The number of phenolic OH excluding ortho intramolecular Hbond substituents is 1. The van der Waals surface area contributed by atoms with E-state index in [1.807, 2.05) is 24.3 Å². The summed E-state index contributed by atoms with van der Waals surface area (Å²) < 4.78 is 10.7. The fraction of sp³-hybridized carbons (Fsp3) is 0.375. The number of aliphatic hydroxyl groups excluding tert-OH is 4. The molecule has 7 heteroatoms. The van der Waals surface area contributed by atoms with Crippen LogP contribution in [0.4, 0.5) is 0 Å². The average molecular weight is 322 g/mol. The van der Waals surface area contributed by atoms with E-state index in [0.717, 1.165) is 10.8 Å². The van der Waals surface area contributed by atoms with Gasteiger partial charge in [0.1, 0.15) is 24.4 Å². The zero-order chi connectivity index (χ0) is 16.6. The van der Waals surface area contributed by atoms with Gasteiger partial charge in [-0.25, -0.2) is 0 Å². The van der Waals surface area contributed by atoms with Crippen LogP contribution in [0.3, 0.4) is 0 Å². The van der Waals surface area contributed by atoms with E-state index < -0.39 is 37.3 Å². The van der Waals surface area contributed by atoms with Gasteiger partial charge >= 0.3 is 0 Å². The molecule has 1 aliphatic heterocycles. The van der Waals surface area contributed by atoms with Gasteiger partial charge in [0.2, 0.25) is 6.29 Å². The summed E-state index contributed by atoms with van der Waals surface area (Å²) in [6.07, 6.45) is -6.93. The summed E-state index contributed by atoms with van der Waals surface area (Å²) in [6, 6.07) is 10.4. The van der Waals surface area contributed by atoms with Crippen molar-refractivity contribution in [3.63, 3.8) is 0 Å². The largest absolute Gasteiger partial charge is 0.504 e. The predicted molar refractivity (Wildman–Crippen MR) is 80.0 cm³/mol. The van der Waals surface area contributed by atoms with E-state index in [4.69, 9.17) is 14.6 Å². The quantitative estimate of drug-likeness (QED) is 0.527. The number of aliphatic hydroxyl groups is 4. The van der Waals surface area contributed by atoms with Gasteiger partial charge in [-0.2, -0.15) is 0 Å². The molecule has 0 amide bonds. The lowest BCUT2D eigenvalue weighted by Crippen LogP contribution is -2.60. The van der Waals surface area contributed by atoms with E-state index in [-0.39, 0.29) is 11.5 Å². The molecule has 0 spiro atoms. The van der Waals surface area contributed by atoms with E-state index in [1.165, 1.54) is 6.07 Å². The topological polar surface area (TPSA) is 120 Å². The van der Waals surface area contributed by atoms with Gasteiger partial charge in [0.05, 0.1) is 6.61 Å². The van der Waals surface area contributed by atoms with Crippen LogP contribution in [0.1, 0.15) is 0 Å². The molecule has 0 unspecified atom stereocenters. The van der Waals surface area contributed by atoms with Crippen LogP contribution in [0.25, 0.3) is 10.8 Å². The molecule has 124 valence electrons. The summed E-state index contributed by atoms with van der Waals surface area (Å²) in [4.78, 5) is 0. The van der Waals surface area contributed by atoms with Gasteiger partial charge in [-0.05, 0) is 22.9 Å². The van der Waals surface area contributed by atoms with Crippen molar-refractivity contribution in [2.24, 2.45) is 0 Å². The molecular weight excluding hydrogens is 304 g/mol. The number of phenols is 1. The Hall–Kier alpha value is -1.90. The fourth-order valence-electron chi connectivity index (χ4n) is 2.59. The Bertz CT molecular complexity index is 687. The van der Waals surface area contributed by atoms with E-state index >= 15 is 0 Å². The maximum Gasteiger partial charge on any atom is 0.229 e. The number of aromatic hydroxyl groups is 1. The zero-order valence-electron chi connectivity index (χ0n) is 12.1. The second kappa shape index (κ2) is 6.31. The van der Waals surface area contributed by atoms with Gasteiger partial charge in [-0.1, -0.05) is 24.3 Å². The third kappa shape index (κ3) is 2.97. The molecule has 1 heterocycles. The molecule has 1 saturated heterocycles. The lowest BCUT2D eigenvalue weighted by Gasteiger charge is -2.39. The highest BCUT2D eigenvalue weighted by Crippen LogP contribution is 2.34. The molecule has 1 fully saturated rings. The predicted octanol–water partition coefficient (Wildman–Crippen LogP) is -0.276. The van der Waals surface area contributed by atoms with Crippen molar-refractivity contribution in [3.05, 3.63) is 36.4 Å². The summed E-state index contributed by atoms with van der Waals surface area (Å²) in [6.45, 7) is -0.547. The number of ether oxygens (including phenoxy) is 2. The first-order valence-corrected chi connectivity index (χ1v) is 7.20. The van der Waals surface area contributed by atoms with Crippen LogP contribution in [0, 0.1) is 0 Å². The highest BCUT2D eigenvalue weighted by Gasteiger charge is 2.44. The van der Waals surface area contributed by atoms with Crippen LogP contribution in [-0.2, 0) is 4.74 Å².